The van der Waals surface area contributed by atoms with Gasteiger partial charge in [0.2, 0.25) is 0 Å². The minimum Gasteiger partial charge on any atom is -0.462 e. The highest BCUT2D eigenvalue weighted by Gasteiger charge is 2.31. The quantitative estimate of drug-likeness (QED) is 0.485. The number of esters is 1. The van der Waals surface area contributed by atoms with E-state index < -0.39 is 50.5 Å². The zero-order chi connectivity index (χ0) is 14.0. The fraction of sp³-hybridized carbons (Fsp3) is 0.300. The number of halogens is 4. The highest BCUT2D eigenvalue weighted by Crippen LogP contribution is 2.26. The van der Waals surface area contributed by atoms with E-state index in [9.17, 15) is 26.6 Å². The smallest absolute Gasteiger partial charge is 0.344 e. The average molecular weight is 284 g/mol. The Bertz CT molecular complexity index is 501. The van der Waals surface area contributed by atoms with E-state index in [0.29, 0.717) is 0 Å². The van der Waals surface area contributed by atoms with Crippen LogP contribution in [0.4, 0.5) is 17.6 Å². The van der Waals surface area contributed by atoms with Gasteiger partial charge in [-0.3, -0.25) is 4.21 Å². The van der Waals surface area contributed by atoms with Crippen LogP contribution < -0.4 is 0 Å². The molecule has 3 nitrogen and oxygen atoms in total. The molecule has 1 rings (SSSR count). The van der Waals surface area contributed by atoms with Gasteiger partial charge in [-0.05, 0) is 6.92 Å². The largest absolute Gasteiger partial charge is 0.462 e. The molecule has 100 valence electrons. The molecule has 1 aromatic rings. The van der Waals surface area contributed by atoms with Gasteiger partial charge in [-0.15, -0.1) is 0 Å². The average Bonchev–Trinajstić information content (AvgIpc) is 2.27. The standard InChI is InChI=1S/C10H8F4O3S/c1-3-17-10(15)4-5(11)7(13)9(18(2)16)8(14)6(4)12/h3H2,1-2H3. The number of hydrogen-bond donors (Lipinski definition) is 0. The monoisotopic (exact) mass is 284 g/mol. The lowest BCUT2D eigenvalue weighted by Gasteiger charge is -2.09. The van der Waals surface area contributed by atoms with Crippen LogP contribution in [0.2, 0.25) is 0 Å². The van der Waals surface area contributed by atoms with Gasteiger partial charge < -0.3 is 4.74 Å². The van der Waals surface area contributed by atoms with Crippen molar-refractivity contribution < 1.29 is 31.3 Å². The van der Waals surface area contributed by atoms with E-state index in [1.807, 2.05) is 0 Å². The maximum Gasteiger partial charge on any atom is 0.344 e. The third kappa shape index (κ3) is 2.38. The Morgan fingerprint density at radius 2 is 1.56 bits per heavy atom. The van der Waals surface area contributed by atoms with Gasteiger partial charge in [-0.25, -0.2) is 22.4 Å². The molecule has 1 atom stereocenters. The maximum absolute atomic E-state index is 13.4. The summed E-state index contributed by atoms with van der Waals surface area (Å²) in [6.45, 7) is 1.14. The maximum atomic E-state index is 13.4. The molecule has 0 spiro atoms. The Morgan fingerprint density at radius 1 is 1.11 bits per heavy atom. The molecule has 8 heteroatoms. The van der Waals surface area contributed by atoms with E-state index in [-0.39, 0.29) is 6.61 Å². The van der Waals surface area contributed by atoms with Crippen molar-refractivity contribution in [1.29, 1.82) is 0 Å². The van der Waals surface area contributed by atoms with Crippen LogP contribution in [0.25, 0.3) is 0 Å². The third-order valence-electron chi connectivity index (χ3n) is 1.99. The molecule has 1 unspecified atom stereocenters. The summed E-state index contributed by atoms with van der Waals surface area (Å²) in [6, 6.07) is 0. The first-order valence-electron chi connectivity index (χ1n) is 4.69. The Labute approximate surface area is 102 Å². The van der Waals surface area contributed by atoms with E-state index >= 15 is 0 Å². The molecular formula is C10H8F4O3S. The number of ether oxygens (including phenoxy) is 1. The molecule has 18 heavy (non-hydrogen) atoms. The minimum atomic E-state index is -2.28. The van der Waals surface area contributed by atoms with Crippen LogP contribution in [0.5, 0.6) is 0 Å². The molecule has 1 aromatic carbocycles. The number of carbonyl (C=O) groups is 1. The summed E-state index contributed by atoms with van der Waals surface area (Å²) in [5.74, 6) is -9.09. The van der Waals surface area contributed by atoms with Gasteiger partial charge >= 0.3 is 5.97 Å². The molecule has 0 bridgehead atoms. The van der Waals surface area contributed by atoms with Crippen LogP contribution in [0.3, 0.4) is 0 Å². The molecular weight excluding hydrogens is 276 g/mol. The highest BCUT2D eigenvalue weighted by molar-refractivity contribution is 7.84. The van der Waals surface area contributed by atoms with Crippen molar-refractivity contribution in [3.8, 4) is 0 Å². The van der Waals surface area contributed by atoms with Crippen LogP contribution >= 0.6 is 0 Å². The van der Waals surface area contributed by atoms with Crippen molar-refractivity contribution in [3.63, 3.8) is 0 Å². The molecule has 0 aromatic heterocycles. The van der Waals surface area contributed by atoms with E-state index in [4.69, 9.17) is 0 Å². The second kappa shape index (κ2) is 5.47. The number of hydrogen-bond acceptors (Lipinski definition) is 3. The number of rotatable bonds is 3. The van der Waals surface area contributed by atoms with Gasteiger partial charge in [-0.2, -0.15) is 0 Å². The summed E-state index contributed by atoms with van der Waals surface area (Å²) >= 11 is 0. The third-order valence-corrected chi connectivity index (χ3v) is 2.92. The molecule has 0 fully saturated rings. The molecule has 0 N–H and O–H groups in total. The van der Waals surface area contributed by atoms with Gasteiger partial charge in [0.25, 0.3) is 0 Å². The molecule has 0 saturated carbocycles. The van der Waals surface area contributed by atoms with E-state index in [1.165, 1.54) is 6.92 Å². The zero-order valence-electron chi connectivity index (χ0n) is 9.35. The lowest BCUT2D eigenvalue weighted by atomic mass is 10.2. The predicted octanol–water partition coefficient (Wildman–Crippen LogP) is 2.16. The first-order valence-corrected chi connectivity index (χ1v) is 6.25. The summed E-state index contributed by atoms with van der Waals surface area (Å²) in [5, 5.41) is 0. The molecule has 0 aliphatic rings. The van der Waals surface area contributed by atoms with E-state index in [1.54, 1.807) is 0 Å². The zero-order valence-corrected chi connectivity index (χ0v) is 10.2. The van der Waals surface area contributed by atoms with Gasteiger partial charge in [-0.1, -0.05) is 0 Å². The van der Waals surface area contributed by atoms with Crippen LogP contribution in [0.1, 0.15) is 17.3 Å². The second-order valence-electron chi connectivity index (χ2n) is 3.13. The molecule has 0 amide bonds. The van der Waals surface area contributed by atoms with Crippen molar-refractivity contribution in [3.05, 3.63) is 28.8 Å². The van der Waals surface area contributed by atoms with Crippen molar-refractivity contribution in [2.24, 2.45) is 0 Å². The summed E-state index contributed by atoms with van der Waals surface area (Å²) in [5.41, 5.74) is -1.47. The molecule has 0 saturated heterocycles. The van der Waals surface area contributed by atoms with Gasteiger partial charge in [0.05, 0.1) is 17.4 Å². The van der Waals surface area contributed by atoms with Crippen molar-refractivity contribution >= 4 is 16.8 Å². The minimum absolute atomic E-state index is 0.220. The molecule has 0 aliphatic heterocycles. The normalized spacial score (nSPS) is 12.3. The second-order valence-corrected chi connectivity index (χ2v) is 4.45. The fourth-order valence-corrected chi connectivity index (χ4v) is 1.93. The Hall–Kier alpha value is -1.44. The van der Waals surface area contributed by atoms with Crippen molar-refractivity contribution in [2.75, 3.05) is 12.9 Å². The van der Waals surface area contributed by atoms with Crippen LogP contribution in [0, 0.1) is 23.3 Å². The number of benzene rings is 1. The van der Waals surface area contributed by atoms with Crippen LogP contribution in [-0.2, 0) is 15.5 Å². The Balaban J connectivity index is 3.58. The summed E-state index contributed by atoms with van der Waals surface area (Å²) in [6.07, 6.45) is 0.852. The summed E-state index contributed by atoms with van der Waals surface area (Å²) in [7, 11) is -2.28. The fourth-order valence-electron chi connectivity index (χ4n) is 1.25. The Kier molecular flexibility index (Phi) is 4.44. The SMILES string of the molecule is CCOC(=O)c1c(F)c(F)c(S(C)=O)c(F)c1F. The molecule has 0 heterocycles. The predicted molar refractivity (Wildman–Crippen MR) is 54.6 cm³/mol. The van der Waals surface area contributed by atoms with Gasteiger partial charge in [0, 0.05) is 6.26 Å². The van der Waals surface area contributed by atoms with Gasteiger partial charge in [0.1, 0.15) is 10.5 Å². The number of carbonyl (C=O) groups excluding carboxylic acids is 1. The Morgan fingerprint density at radius 3 is 1.89 bits per heavy atom. The molecule has 0 aliphatic carbocycles. The van der Waals surface area contributed by atoms with Crippen molar-refractivity contribution in [1.82, 2.24) is 0 Å². The van der Waals surface area contributed by atoms with Crippen LogP contribution in [-0.4, -0.2) is 23.0 Å². The van der Waals surface area contributed by atoms with Crippen LogP contribution in [0.15, 0.2) is 4.90 Å². The topological polar surface area (TPSA) is 43.4 Å². The first kappa shape index (κ1) is 14.6. The lowest BCUT2D eigenvalue weighted by Crippen LogP contribution is -2.16. The molecule has 0 radical (unpaired) electrons. The lowest BCUT2D eigenvalue weighted by molar-refractivity contribution is 0.0511. The highest BCUT2D eigenvalue weighted by atomic mass is 32.2. The van der Waals surface area contributed by atoms with Gasteiger partial charge in [0.15, 0.2) is 23.3 Å². The van der Waals surface area contributed by atoms with Crippen molar-refractivity contribution in [2.45, 2.75) is 11.8 Å². The first-order chi connectivity index (χ1) is 8.32. The summed E-state index contributed by atoms with van der Waals surface area (Å²) in [4.78, 5) is 9.91. The summed E-state index contributed by atoms with van der Waals surface area (Å²) < 4.78 is 68.8. The van der Waals surface area contributed by atoms with E-state index in [2.05, 4.69) is 4.74 Å². The van der Waals surface area contributed by atoms with E-state index in [0.717, 1.165) is 6.26 Å².